The highest BCUT2D eigenvalue weighted by atomic mass is 16.3. The van der Waals surface area contributed by atoms with Crippen molar-refractivity contribution in [3.63, 3.8) is 0 Å². The number of hydrogen-bond acceptors (Lipinski definition) is 3. The number of nitrogens with zero attached hydrogens (tertiary/aromatic N) is 2. The normalized spacial score (nSPS) is 14.6. The Bertz CT molecular complexity index is 383. The second kappa shape index (κ2) is 4.65. The lowest BCUT2D eigenvalue weighted by molar-refractivity contribution is 0.0518. The van der Waals surface area contributed by atoms with Gasteiger partial charge < -0.3 is 10.4 Å². The summed E-state index contributed by atoms with van der Waals surface area (Å²) in [4.78, 5) is 11.8. The summed E-state index contributed by atoms with van der Waals surface area (Å²) in [6.45, 7) is 5.65. The van der Waals surface area contributed by atoms with Gasteiger partial charge in [-0.25, -0.2) is 0 Å². The van der Waals surface area contributed by atoms with Crippen molar-refractivity contribution in [1.82, 2.24) is 15.1 Å². The maximum atomic E-state index is 11.8. The highest BCUT2D eigenvalue weighted by Gasteiger charge is 2.20. The van der Waals surface area contributed by atoms with Gasteiger partial charge in [0, 0.05) is 19.3 Å². The number of nitrogens with one attached hydrogen (secondary N) is 1. The molecule has 5 nitrogen and oxygen atoms in total. The number of aromatic nitrogens is 2. The Balaban J connectivity index is 2.64. The summed E-state index contributed by atoms with van der Waals surface area (Å²) in [6.07, 6.45) is 2.13. The zero-order valence-electron chi connectivity index (χ0n) is 10.2. The average Bonchev–Trinajstić information content (AvgIpc) is 2.57. The van der Waals surface area contributed by atoms with Crippen LogP contribution in [0.5, 0.6) is 0 Å². The summed E-state index contributed by atoms with van der Waals surface area (Å²) in [7, 11) is 1.79. The summed E-state index contributed by atoms with van der Waals surface area (Å²) >= 11 is 0. The van der Waals surface area contributed by atoms with Gasteiger partial charge in [-0.1, -0.05) is 6.92 Å². The van der Waals surface area contributed by atoms with Gasteiger partial charge in [-0.15, -0.1) is 0 Å². The number of hydrogen-bond donors (Lipinski definition) is 2. The molecule has 90 valence electrons. The van der Waals surface area contributed by atoms with Gasteiger partial charge in [0.1, 0.15) is 0 Å². The van der Waals surface area contributed by atoms with Crippen LogP contribution in [0.2, 0.25) is 0 Å². The molecule has 0 fully saturated rings. The molecule has 0 saturated heterocycles. The van der Waals surface area contributed by atoms with Crippen LogP contribution in [-0.2, 0) is 7.05 Å². The van der Waals surface area contributed by atoms with E-state index in [9.17, 15) is 9.90 Å². The topological polar surface area (TPSA) is 67.2 Å². The highest BCUT2D eigenvalue weighted by molar-refractivity contribution is 5.95. The van der Waals surface area contributed by atoms with Gasteiger partial charge >= 0.3 is 0 Å². The summed E-state index contributed by atoms with van der Waals surface area (Å²) in [6, 6.07) is 0. The van der Waals surface area contributed by atoms with E-state index in [-0.39, 0.29) is 12.5 Å². The van der Waals surface area contributed by atoms with Crippen molar-refractivity contribution in [2.75, 3.05) is 6.54 Å². The maximum absolute atomic E-state index is 11.8. The lowest BCUT2D eigenvalue weighted by Gasteiger charge is -2.21. The fourth-order valence-corrected chi connectivity index (χ4v) is 1.21. The van der Waals surface area contributed by atoms with Crippen LogP contribution in [0, 0.1) is 6.92 Å². The van der Waals surface area contributed by atoms with Crippen LogP contribution >= 0.6 is 0 Å². The lowest BCUT2D eigenvalue weighted by atomic mass is 10.0. The summed E-state index contributed by atoms with van der Waals surface area (Å²) in [5, 5.41) is 16.5. The third-order valence-corrected chi connectivity index (χ3v) is 2.87. The van der Waals surface area contributed by atoms with E-state index in [1.54, 1.807) is 18.7 Å². The third kappa shape index (κ3) is 2.82. The number of carbonyl (C=O) groups excluding carboxylic acids is 1. The molecule has 0 saturated carbocycles. The molecule has 0 aliphatic rings. The van der Waals surface area contributed by atoms with Crippen molar-refractivity contribution < 1.29 is 9.90 Å². The van der Waals surface area contributed by atoms with Gasteiger partial charge in [0.15, 0.2) is 0 Å². The van der Waals surface area contributed by atoms with E-state index >= 15 is 0 Å². The van der Waals surface area contributed by atoms with E-state index in [4.69, 9.17) is 0 Å². The summed E-state index contributed by atoms with van der Waals surface area (Å²) < 4.78 is 1.65. The number of amides is 1. The predicted molar refractivity (Wildman–Crippen MR) is 61.2 cm³/mol. The van der Waals surface area contributed by atoms with Gasteiger partial charge in [-0.05, 0) is 20.3 Å². The van der Waals surface area contributed by atoms with Crippen LogP contribution in [0.3, 0.4) is 0 Å². The van der Waals surface area contributed by atoms with Gasteiger partial charge in [0.25, 0.3) is 5.91 Å². The van der Waals surface area contributed by atoms with Crippen molar-refractivity contribution in [3.05, 3.63) is 17.5 Å². The molecule has 0 aromatic carbocycles. The minimum atomic E-state index is -0.855. The quantitative estimate of drug-likeness (QED) is 0.789. The second-order valence-corrected chi connectivity index (χ2v) is 4.30. The van der Waals surface area contributed by atoms with Crippen LogP contribution < -0.4 is 5.32 Å². The fourth-order valence-electron chi connectivity index (χ4n) is 1.21. The molecule has 1 amide bonds. The van der Waals surface area contributed by atoms with Crippen molar-refractivity contribution in [2.45, 2.75) is 32.8 Å². The molecule has 0 bridgehead atoms. The average molecular weight is 225 g/mol. The molecule has 0 aliphatic carbocycles. The maximum Gasteiger partial charge on any atom is 0.254 e. The van der Waals surface area contributed by atoms with E-state index in [2.05, 4.69) is 10.4 Å². The summed E-state index contributed by atoms with van der Waals surface area (Å²) in [5.41, 5.74) is 0.509. The SMILES string of the molecule is CCC(C)(O)CNC(=O)c1cnn(C)c1C. The molecule has 0 radical (unpaired) electrons. The van der Waals surface area contributed by atoms with Gasteiger partial charge in [-0.3, -0.25) is 9.48 Å². The van der Waals surface area contributed by atoms with Gasteiger partial charge in [0.05, 0.1) is 17.4 Å². The fraction of sp³-hybridized carbons (Fsp3) is 0.636. The van der Waals surface area contributed by atoms with Crippen LogP contribution in [-0.4, -0.2) is 32.9 Å². The highest BCUT2D eigenvalue weighted by Crippen LogP contribution is 2.08. The number of aryl methyl sites for hydroxylation is 1. The standard InChI is InChI=1S/C11H19N3O2/c1-5-11(3,16)7-12-10(15)9-6-13-14(4)8(9)2/h6,16H,5,7H2,1-4H3,(H,12,15). The predicted octanol–water partition coefficient (Wildman–Crippen LogP) is 0.619. The first-order valence-electron chi connectivity index (χ1n) is 5.36. The van der Waals surface area contributed by atoms with E-state index in [0.29, 0.717) is 12.0 Å². The van der Waals surface area contributed by atoms with Crippen molar-refractivity contribution in [1.29, 1.82) is 0 Å². The molecule has 1 heterocycles. The molecular weight excluding hydrogens is 206 g/mol. The summed E-state index contributed by atoms with van der Waals surface area (Å²) in [5.74, 6) is -0.195. The van der Waals surface area contributed by atoms with E-state index in [1.807, 2.05) is 13.8 Å². The van der Waals surface area contributed by atoms with Crippen molar-refractivity contribution in [2.24, 2.45) is 7.05 Å². The molecular formula is C11H19N3O2. The molecule has 1 aromatic heterocycles. The van der Waals surface area contributed by atoms with Crippen LogP contribution in [0.15, 0.2) is 6.20 Å². The first-order valence-corrected chi connectivity index (χ1v) is 5.36. The van der Waals surface area contributed by atoms with Gasteiger partial charge in [-0.2, -0.15) is 5.10 Å². The zero-order valence-corrected chi connectivity index (χ0v) is 10.2. The Labute approximate surface area is 95.5 Å². The van der Waals surface area contributed by atoms with Gasteiger partial charge in [0.2, 0.25) is 0 Å². The zero-order chi connectivity index (χ0) is 12.3. The molecule has 1 aromatic rings. The number of carbonyl (C=O) groups is 1. The minimum Gasteiger partial charge on any atom is -0.388 e. The largest absolute Gasteiger partial charge is 0.388 e. The lowest BCUT2D eigenvalue weighted by Crippen LogP contribution is -2.40. The van der Waals surface area contributed by atoms with Crippen molar-refractivity contribution in [3.8, 4) is 0 Å². The molecule has 5 heteroatoms. The van der Waals surface area contributed by atoms with E-state index < -0.39 is 5.60 Å². The van der Waals surface area contributed by atoms with Crippen LogP contribution in [0.1, 0.15) is 36.3 Å². The smallest absolute Gasteiger partial charge is 0.254 e. The number of rotatable bonds is 4. The van der Waals surface area contributed by atoms with Crippen molar-refractivity contribution >= 4 is 5.91 Å². The molecule has 0 aliphatic heterocycles. The molecule has 1 unspecified atom stereocenters. The monoisotopic (exact) mass is 225 g/mol. The Morgan fingerprint density at radius 3 is 2.75 bits per heavy atom. The number of aliphatic hydroxyl groups is 1. The molecule has 2 N–H and O–H groups in total. The molecule has 1 atom stereocenters. The Morgan fingerprint density at radius 2 is 2.31 bits per heavy atom. The van der Waals surface area contributed by atoms with Crippen LogP contribution in [0.25, 0.3) is 0 Å². The third-order valence-electron chi connectivity index (χ3n) is 2.87. The minimum absolute atomic E-state index is 0.195. The first kappa shape index (κ1) is 12.7. The Kier molecular flexibility index (Phi) is 3.70. The molecule has 0 spiro atoms. The van der Waals surface area contributed by atoms with E-state index in [0.717, 1.165) is 5.69 Å². The first-order chi connectivity index (χ1) is 7.37. The second-order valence-electron chi connectivity index (χ2n) is 4.30. The van der Waals surface area contributed by atoms with Crippen LogP contribution in [0.4, 0.5) is 0 Å². The molecule has 1 rings (SSSR count). The Morgan fingerprint density at radius 1 is 1.69 bits per heavy atom. The molecule has 16 heavy (non-hydrogen) atoms. The Hall–Kier alpha value is -1.36. The van der Waals surface area contributed by atoms with E-state index in [1.165, 1.54) is 6.20 Å².